The fraction of sp³-hybridized carbons (Fsp3) is 0.538. The molecule has 19 heavy (non-hydrogen) atoms. The first-order valence-corrected chi connectivity index (χ1v) is 6.35. The van der Waals surface area contributed by atoms with Crippen molar-refractivity contribution in [1.82, 2.24) is 4.90 Å². The fourth-order valence-electron chi connectivity index (χ4n) is 2.27. The molecule has 1 aromatic carbocycles. The van der Waals surface area contributed by atoms with Crippen molar-refractivity contribution in [2.45, 2.75) is 6.18 Å². The molecule has 0 saturated carbocycles. The second kappa shape index (κ2) is 5.79. The molecule has 0 radical (unpaired) electrons. The van der Waals surface area contributed by atoms with Crippen LogP contribution < -0.4 is 10.6 Å². The number of piperazine rings is 1. The third-order valence-electron chi connectivity index (χ3n) is 3.38. The Bertz CT molecular complexity index is 395. The number of hydrogen-bond acceptors (Lipinski definition) is 3. The standard InChI is InChI=1S/C13H18F3N3/c14-13(15,16)11-1-3-12(4-2-11)19-9-7-18(6-5-17)8-10-19/h1-4H,5-10,17H2. The molecular weight excluding hydrogens is 255 g/mol. The van der Waals surface area contributed by atoms with Crippen molar-refractivity contribution in [2.75, 3.05) is 44.2 Å². The molecule has 0 amide bonds. The van der Waals surface area contributed by atoms with Crippen LogP contribution in [0.2, 0.25) is 0 Å². The van der Waals surface area contributed by atoms with Gasteiger partial charge in [0.25, 0.3) is 0 Å². The van der Waals surface area contributed by atoms with E-state index >= 15 is 0 Å². The van der Waals surface area contributed by atoms with Crippen LogP contribution in [0.5, 0.6) is 0 Å². The summed E-state index contributed by atoms with van der Waals surface area (Å²) in [7, 11) is 0. The molecule has 0 aliphatic carbocycles. The van der Waals surface area contributed by atoms with Crippen molar-refractivity contribution in [2.24, 2.45) is 5.73 Å². The summed E-state index contributed by atoms with van der Waals surface area (Å²) in [4.78, 5) is 4.37. The van der Waals surface area contributed by atoms with Crippen LogP contribution in [0, 0.1) is 0 Å². The van der Waals surface area contributed by atoms with E-state index in [4.69, 9.17) is 5.73 Å². The van der Waals surface area contributed by atoms with Crippen molar-refractivity contribution in [3.63, 3.8) is 0 Å². The molecule has 1 saturated heterocycles. The van der Waals surface area contributed by atoms with Gasteiger partial charge < -0.3 is 10.6 Å². The van der Waals surface area contributed by atoms with Gasteiger partial charge in [0.15, 0.2) is 0 Å². The zero-order chi connectivity index (χ0) is 13.9. The summed E-state index contributed by atoms with van der Waals surface area (Å²) in [5, 5.41) is 0. The molecule has 106 valence electrons. The Morgan fingerprint density at radius 2 is 1.58 bits per heavy atom. The molecule has 2 rings (SSSR count). The highest BCUT2D eigenvalue weighted by Gasteiger charge is 2.30. The van der Waals surface area contributed by atoms with Crippen LogP contribution in [0.25, 0.3) is 0 Å². The first-order valence-electron chi connectivity index (χ1n) is 6.35. The predicted octanol–water partition coefficient (Wildman–Crippen LogP) is 1.79. The van der Waals surface area contributed by atoms with Gasteiger partial charge in [0.05, 0.1) is 5.56 Å². The van der Waals surface area contributed by atoms with E-state index in [0.29, 0.717) is 6.54 Å². The Morgan fingerprint density at radius 3 is 2.05 bits per heavy atom. The Hall–Kier alpha value is -1.27. The first kappa shape index (κ1) is 14.1. The number of halogens is 3. The van der Waals surface area contributed by atoms with E-state index in [1.54, 1.807) is 12.1 Å². The smallest absolute Gasteiger partial charge is 0.369 e. The van der Waals surface area contributed by atoms with E-state index in [0.717, 1.165) is 50.5 Å². The number of rotatable bonds is 3. The highest BCUT2D eigenvalue weighted by atomic mass is 19.4. The topological polar surface area (TPSA) is 32.5 Å². The molecule has 1 aliphatic rings. The summed E-state index contributed by atoms with van der Waals surface area (Å²) in [6, 6.07) is 5.37. The van der Waals surface area contributed by atoms with Crippen molar-refractivity contribution in [3.05, 3.63) is 29.8 Å². The van der Waals surface area contributed by atoms with Gasteiger partial charge in [0.1, 0.15) is 0 Å². The summed E-state index contributed by atoms with van der Waals surface area (Å²) < 4.78 is 37.4. The van der Waals surface area contributed by atoms with Crippen LogP contribution in [0.15, 0.2) is 24.3 Å². The van der Waals surface area contributed by atoms with Crippen LogP contribution in [0.3, 0.4) is 0 Å². The largest absolute Gasteiger partial charge is 0.416 e. The molecule has 1 fully saturated rings. The minimum absolute atomic E-state index is 0.599. The van der Waals surface area contributed by atoms with Gasteiger partial charge in [-0.15, -0.1) is 0 Å². The quantitative estimate of drug-likeness (QED) is 0.911. The molecule has 0 spiro atoms. The number of alkyl halides is 3. The number of hydrogen-bond donors (Lipinski definition) is 1. The summed E-state index contributed by atoms with van der Waals surface area (Å²) in [6.07, 6.45) is -4.27. The number of benzene rings is 1. The normalized spacial score (nSPS) is 17.8. The molecule has 3 nitrogen and oxygen atoms in total. The lowest BCUT2D eigenvalue weighted by Gasteiger charge is -2.36. The zero-order valence-electron chi connectivity index (χ0n) is 10.7. The van der Waals surface area contributed by atoms with E-state index in [-0.39, 0.29) is 0 Å². The van der Waals surface area contributed by atoms with E-state index in [2.05, 4.69) is 9.80 Å². The molecule has 0 unspecified atom stereocenters. The van der Waals surface area contributed by atoms with Crippen molar-refractivity contribution >= 4 is 5.69 Å². The van der Waals surface area contributed by atoms with Gasteiger partial charge in [0.2, 0.25) is 0 Å². The lowest BCUT2D eigenvalue weighted by molar-refractivity contribution is -0.137. The van der Waals surface area contributed by atoms with E-state index in [1.807, 2.05) is 0 Å². The number of anilines is 1. The second-order valence-corrected chi connectivity index (χ2v) is 4.66. The maximum atomic E-state index is 12.5. The molecule has 1 aliphatic heterocycles. The average molecular weight is 273 g/mol. The number of nitrogens with zero attached hydrogens (tertiary/aromatic N) is 2. The number of nitrogens with two attached hydrogens (primary N) is 1. The molecular formula is C13H18F3N3. The predicted molar refractivity (Wildman–Crippen MR) is 69.2 cm³/mol. The van der Waals surface area contributed by atoms with Crippen LogP contribution in [-0.2, 0) is 6.18 Å². The second-order valence-electron chi connectivity index (χ2n) is 4.66. The average Bonchev–Trinajstić information content (AvgIpc) is 2.39. The summed E-state index contributed by atoms with van der Waals surface area (Å²) >= 11 is 0. The molecule has 1 heterocycles. The van der Waals surface area contributed by atoms with Crippen molar-refractivity contribution in [3.8, 4) is 0 Å². The summed E-state index contributed by atoms with van der Waals surface area (Å²) in [5.74, 6) is 0. The highest BCUT2D eigenvalue weighted by Crippen LogP contribution is 2.30. The maximum Gasteiger partial charge on any atom is 0.416 e. The lowest BCUT2D eigenvalue weighted by atomic mass is 10.1. The van der Waals surface area contributed by atoms with Crippen LogP contribution in [0.1, 0.15) is 5.56 Å². The van der Waals surface area contributed by atoms with Gasteiger partial charge in [-0.1, -0.05) is 0 Å². The van der Waals surface area contributed by atoms with Crippen LogP contribution >= 0.6 is 0 Å². The SMILES string of the molecule is NCCN1CCN(c2ccc(C(F)(F)F)cc2)CC1. The van der Waals surface area contributed by atoms with E-state index < -0.39 is 11.7 Å². The highest BCUT2D eigenvalue weighted by molar-refractivity contribution is 5.48. The Kier molecular flexibility index (Phi) is 4.31. The molecule has 1 aromatic rings. The first-order chi connectivity index (χ1) is 9.00. The lowest BCUT2D eigenvalue weighted by Crippen LogP contribution is -2.47. The monoisotopic (exact) mass is 273 g/mol. The Morgan fingerprint density at radius 1 is 1.00 bits per heavy atom. The van der Waals surface area contributed by atoms with Gasteiger partial charge in [-0.05, 0) is 24.3 Å². The van der Waals surface area contributed by atoms with Gasteiger partial charge in [-0.2, -0.15) is 13.2 Å². The van der Waals surface area contributed by atoms with E-state index in [9.17, 15) is 13.2 Å². The van der Waals surface area contributed by atoms with Crippen LogP contribution in [-0.4, -0.2) is 44.2 Å². The van der Waals surface area contributed by atoms with Gasteiger partial charge in [0, 0.05) is 45.0 Å². The van der Waals surface area contributed by atoms with Crippen LogP contribution in [0.4, 0.5) is 18.9 Å². The Labute approximate surface area is 110 Å². The summed E-state index contributed by atoms with van der Waals surface area (Å²) in [6.45, 7) is 4.97. The zero-order valence-corrected chi connectivity index (χ0v) is 10.7. The van der Waals surface area contributed by atoms with Gasteiger partial charge in [-0.25, -0.2) is 0 Å². The van der Waals surface area contributed by atoms with Gasteiger partial charge >= 0.3 is 6.18 Å². The Balaban J connectivity index is 1.97. The fourth-order valence-corrected chi connectivity index (χ4v) is 2.27. The van der Waals surface area contributed by atoms with Crippen molar-refractivity contribution in [1.29, 1.82) is 0 Å². The molecule has 0 atom stereocenters. The summed E-state index contributed by atoms with van der Waals surface area (Å²) in [5.41, 5.74) is 5.75. The third-order valence-corrected chi connectivity index (χ3v) is 3.38. The molecule has 6 heteroatoms. The van der Waals surface area contributed by atoms with E-state index in [1.165, 1.54) is 0 Å². The maximum absolute atomic E-state index is 12.5. The van der Waals surface area contributed by atoms with Gasteiger partial charge in [-0.3, -0.25) is 4.90 Å². The minimum Gasteiger partial charge on any atom is -0.369 e. The molecule has 2 N–H and O–H groups in total. The minimum atomic E-state index is -4.27. The van der Waals surface area contributed by atoms with Crippen molar-refractivity contribution < 1.29 is 13.2 Å². The molecule has 0 bridgehead atoms. The third kappa shape index (κ3) is 3.61. The molecule has 0 aromatic heterocycles.